The van der Waals surface area contributed by atoms with Gasteiger partial charge in [0.15, 0.2) is 0 Å². The van der Waals surface area contributed by atoms with E-state index >= 15 is 0 Å². The average molecular weight is 210 g/mol. The highest BCUT2D eigenvalue weighted by molar-refractivity contribution is 5.34. The summed E-state index contributed by atoms with van der Waals surface area (Å²) in [6.07, 6.45) is 3.60. The molecule has 0 fully saturated rings. The fourth-order valence-electron chi connectivity index (χ4n) is 1.20. The Hall–Kier alpha value is -1.36. The molecule has 15 heavy (non-hydrogen) atoms. The average Bonchev–Trinajstić information content (AvgIpc) is 2.24. The van der Waals surface area contributed by atoms with Crippen LogP contribution in [0.25, 0.3) is 0 Å². The Bertz CT molecular complexity index is 293. The van der Waals surface area contributed by atoms with Crippen LogP contribution in [0.1, 0.15) is 19.8 Å². The quantitative estimate of drug-likeness (QED) is 0.607. The standard InChI is InChI=1S/C10H18N4O/c1-8(7-15)3-2-5-12-10-13-6-4-9(11)14-10/h4,6,8,15H,2-3,5,7H2,1H3,(H3,11,12,13,14). The lowest BCUT2D eigenvalue weighted by Crippen LogP contribution is -2.09. The van der Waals surface area contributed by atoms with Crippen molar-refractivity contribution in [3.8, 4) is 0 Å². The highest BCUT2D eigenvalue weighted by atomic mass is 16.3. The summed E-state index contributed by atoms with van der Waals surface area (Å²) in [5.41, 5.74) is 5.51. The number of nitrogen functional groups attached to an aromatic ring is 1. The zero-order valence-corrected chi connectivity index (χ0v) is 8.98. The molecule has 4 N–H and O–H groups in total. The van der Waals surface area contributed by atoms with Gasteiger partial charge in [-0.1, -0.05) is 6.92 Å². The monoisotopic (exact) mass is 210 g/mol. The number of hydrogen-bond acceptors (Lipinski definition) is 5. The van der Waals surface area contributed by atoms with Gasteiger partial charge < -0.3 is 16.2 Å². The predicted octanol–water partition coefficient (Wildman–Crippen LogP) is 0.879. The maximum Gasteiger partial charge on any atom is 0.224 e. The number of nitrogens with two attached hydrogens (primary N) is 1. The molecule has 1 atom stereocenters. The first-order chi connectivity index (χ1) is 7.22. The highest BCUT2D eigenvalue weighted by Crippen LogP contribution is 2.05. The molecule has 0 radical (unpaired) electrons. The van der Waals surface area contributed by atoms with E-state index in [4.69, 9.17) is 10.8 Å². The van der Waals surface area contributed by atoms with Gasteiger partial charge in [0, 0.05) is 19.3 Å². The van der Waals surface area contributed by atoms with Gasteiger partial charge in [-0.3, -0.25) is 0 Å². The molecule has 0 bridgehead atoms. The third-order valence-electron chi connectivity index (χ3n) is 2.15. The molecular formula is C10H18N4O. The van der Waals surface area contributed by atoms with Gasteiger partial charge in [-0.15, -0.1) is 0 Å². The van der Waals surface area contributed by atoms with E-state index in [1.165, 1.54) is 0 Å². The van der Waals surface area contributed by atoms with Crippen molar-refractivity contribution in [2.24, 2.45) is 5.92 Å². The molecule has 0 spiro atoms. The van der Waals surface area contributed by atoms with Crippen LogP contribution in [0.2, 0.25) is 0 Å². The minimum atomic E-state index is 0.245. The van der Waals surface area contributed by atoms with E-state index in [-0.39, 0.29) is 6.61 Å². The second kappa shape index (κ2) is 6.19. The molecule has 0 saturated carbocycles. The zero-order valence-electron chi connectivity index (χ0n) is 8.98. The van der Waals surface area contributed by atoms with Crippen LogP contribution in [0.5, 0.6) is 0 Å². The summed E-state index contributed by atoms with van der Waals surface area (Å²) in [7, 11) is 0. The Morgan fingerprint density at radius 2 is 2.40 bits per heavy atom. The van der Waals surface area contributed by atoms with Crippen molar-refractivity contribution in [3.05, 3.63) is 12.3 Å². The molecular weight excluding hydrogens is 192 g/mol. The molecule has 5 nitrogen and oxygen atoms in total. The van der Waals surface area contributed by atoms with E-state index in [1.54, 1.807) is 12.3 Å². The summed E-state index contributed by atoms with van der Waals surface area (Å²) in [4.78, 5) is 8.04. The number of hydrogen-bond donors (Lipinski definition) is 3. The lowest BCUT2D eigenvalue weighted by Gasteiger charge is -2.08. The van der Waals surface area contributed by atoms with Crippen molar-refractivity contribution in [3.63, 3.8) is 0 Å². The van der Waals surface area contributed by atoms with E-state index in [2.05, 4.69) is 15.3 Å². The maximum absolute atomic E-state index is 8.83. The summed E-state index contributed by atoms with van der Waals surface area (Å²) in [6.45, 7) is 3.07. The smallest absolute Gasteiger partial charge is 0.224 e. The summed E-state index contributed by atoms with van der Waals surface area (Å²) in [5, 5.41) is 11.9. The van der Waals surface area contributed by atoms with E-state index in [0.717, 1.165) is 19.4 Å². The fourth-order valence-corrected chi connectivity index (χ4v) is 1.20. The first-order valence-corrected chi connectivity index (χ1v) is 5.15. The van der Waals surface area contributed by atoms with Crippen LogP contribution in [0, 0.1) is 5.92 Å². The van der Waals surface area contributed by atoms with Gasteiger partial charge in [0.25, 0.3) is 0 Å². The van der Waals surface area contributed by atoms with Gasteiger partial charge in [0.2, 0.25) is 5.95 Å². The molecule has 84 valence electrons. The number of anilines is 2. The largest absolute Gasteiger partial charge is 0.396 e. The van der Waals surface area contributed by atoms with Crippen molar-refractivity contribution in [1.29, 1.82) is 0 Å². The molecule has 0 aromatic carbocycles. The third kappa shape index (κ3) is 4.60. The van der Waals surface area contributed by atoms with Crippen molar-refractivity contribution in [1.82, 2.24) is 9.97 Å². The Balaban J connectivity index is 2.20. The predicted molar refractivity (Wildman–Crippen MR) is 60.4 cm³/mol. The van der Waals surface area contributed by atoms with Gasteiger partial charge in [-0.2, -0.15) is 4.98 Å². The first-order valence-electron chi connectivity index (χ1n) is 5.15. The number of aliphatic hydroxyl groups is 1. The Kier molecular flexibility index (Phi) is 4.83. The fraction of sp³-hybridized carbons (Fsp3) is 0.600. The van der Waals surface area contributed by atoms with Crippen LogP contribution in [0.15, 0.2) is 12.3 Å². The topological polar surface area (TPSA) is 84.1 Å². The van der Waals surface area contributed by atoms with Crippen LogP contribution in [-0.2, 0) is 0 Å². The van der Waals surface area contributed by atoms with Crippen LogP contribution < -0.4 is 11.1 Å². The number of aromatic nitrogens is 2. The van der Waals surface area contributed by atoms with Gasteiger partial charge in [-0.05, 0) is 24.8 Å². The molecule has 0 saturated heterocycles. The zero-order chi connectivity index (χ0) is 11.1. The van der Waals surface area contributed by atoms with Crippen molar-refractivity contribution >= 4 is 11.8 Å². The Morgan fingerprint density at radius 3 is 3.07 bits per heavy atom. The summed E-state index contributed by atoms with van der Waals surface area (Å²) >= 11 is 0. The lowest BCUT2D eigenvalue weighted by molar-refractivity contribution is 0.229. The summed E-state index contributed by atoms with van der Waals surface area (Å²) < 4.78 is 0. The molecule has 1 aromatic rings. The van der Waals surface area contributed by atoms with Crippen molar-refractivity contribution in [2.75, 3.05) is 24.2 Å². The maximum atomic E-state index is 8.83. The molecule has 5 heteroatoms. The Morgan fingerprint density at radius 1 is 1.60 bits per heavy atom. The SMILES string of the molecule is CC(CO)CCCNc1nccc(N)n1. The molecule has 0 amide bonds. The van der Waals surface area contributed by atoms with E-state index < -0.39 is 0 Å². The molecule has 1 heterocycles. The van der Waals surface area contributed by atoms with Crippen molar-refractivity contribution < 1.29 is 5.11 Å². The van der Waals surface area contributed by atoms with Crippen molar-refractivity contribution in [2.45, 2.75) is 19.8 Å². The molecule has 0 aliphatic heterocycles. The number of nitrogens with zero attached hydrogens (tertiary/aromatic N) is 2. The van der Waals surface area contributed by atoms with E-state index in [9.17, 15) is 0 Å². The minimum Gasteiger partial charge on any atom is -0.396 e. The second-order valence-corrected chi connectivity index (χ2v) is 3.66. The van der Waals surface area contributed by atoms with Crippen LogP contribution in [0.3, 0.4) is 0 Å². The van der Waals surface area contributed by atoms with Crippen LogP contribution in [-0.4, -0.2) is 28.2 Å². The van der Waals surface area contributed by atoms with Crippen LogP contribution >= 0.6 is 0 Å². The summed E-state index contributed by atoms with van der Waals surface area (Å²) in [6, 6.07) is 1.65. The van der Waals surface area contributed by atoms with E-state index in [1.807, 2.05) is 6.92 Å². The van der Waals surface area contributed by atoms with Gasteiger partial charge in [0.1, 0.15) is 5.82 Å². The molecule has 1 rings (SSSR count). The van der Waals surface area contributed by atoms with Gasteiger partial charge in [-0.25, -0.2) is 4.98 Å². The Labute approximate surface area is 89.7 Å². The van der Waals surface area contributed by atoms with Crippen LogP contribution in [0.4, 0.5) is 11.8 Å². The molecule has 0 aliphatic rings. The number of rotatable bonds is 6. The minimum absolute atomic E-state index is 0.245. The molecule has 1 unspecified atom stereocenters. The summed E-state index contributed by atoms with van der Waals surface area (Å²) in [5.74, 6) is 1.39. The lowest BCUT2D eigenvalue weighted by atomic mass is 10.1. The highest BCUT2D eigenvalue weighted by Gasteiger charge is 2.00. The normalized spacial score (nSPS) is 12.4. The second-order valence-electron chi connectivity index (χ2n) is 3.66. The molecule has 1 aromatic heterocycles. The molecule has 0 aliphatic carbocycles. The van der Waals surface area contributed by atoms with Gasteiger partial charge in [0.05, 0.1) is 0 Å². The van der Waals surface area contributed by atoms with Gasteiger partial charge >= 0.3 is 0 Å². The van der Waals surface area contributed by atoms with E-state index in [0.29, 0.717) is 17.7 Å². The third-order valence-corrected chi connectivity index (χ3v) is 2.15. The number of nitrogens with one attached hydrogen (secondary N) is 1. The first kappa shape index (κ1) is 11.7. The number of aliphatic hydroxyl groups excluding tert-OH is 1.